The number of rotatable bonds is 2. The zero-order chi connectivity index (χ0) is 11.6. The Kier molecular flexibility index (Phi) is 4.14. The number of piperazine rings is 1. The molecule has 1 heterocycles. The van der Waals surface area contributed by atoms with Crippen molar-refractivity contribution < 1.29 is 4.79 Å². The van der Waals surface area contributed by atoms with Crippen molar-refractivity contribution in [1.82, 2.24) is 10.2 Å². The zero-order valence-electron chi connectivity index (χ0n) is 10.6. The van der Waals surface area contributed by atoms with Crippen LogP contribution in [0.1, 0.15) is 34.6 Å². The van der Waals surface area contributed by atoms with E-state index in [0.29, 0.717) is 23.9 Å². The molecule has 3 unspecified atom stereocenters. The molecule has 0 bridgehead atoms. The van der Waals surface area contributed by atoms with E-state index in [1.807, 2.05) is 11.8 Å². The van der Waals surface area contributed by atoms with Gasteiger partial charge in [-0.3, -0.25) is 4.79 Å². The van der Waals surface area contributed by atoms with E-state index in [9.17, 15) is 4.79 Å². The van der Waals surface area contributed by atoms with Crippen molar-refractivity contribution in [2.75, 3.05) is 13.1 Å². The molecule has 3 nitrogen and oxygen atoms in total. The van der Waals surface area contributed by atoms with Crippen LogP contribution in [0.15, 0.2) is 0 Å². The van der Waals surface area contributed by atoms with Crippen LogP contribution in [0, 0.1) is 11.8 Å². The maximum absolute atomic E-state index is 12.2. The monoisotopic (exact) mass is 212 g/mol. The third kappa shape index (κ3) is 2.71. The average molecular weight is 212 g/mol. The van der Waals surface area contributed by atoms with Crippen LogP contribution in [0.25, 0.3) is 0 Å². The van der Waals surface area contributed by atoms with Crippen molar-refractivity contribution in [3.8, 4) is 0 Å². The third-order valence-corrected chi connectivity index (χ3v) is 3.71. The van der Waals surface area contributed by atoms with Crippen molar-refractivity contribution in [1.29, 1.82) is 0 Å². The first-order valence-electron chi connectivity index (χ1n) is 5.99. The Morgan fingerprint density at radius 2 is 1.93 bits per heavy atom. The maximum Gasteiger partial charge on any atom is 0.225 e. The number of carbonyl (C=O) groups is 1. The molecular weight excluding hydrogens is 188 g/mol. The lowest BCUT2D eigenvalue weighted by atomic mass is 9.94. The predicted octanol–water partition coefficient (Wildman–Crippen LogP) is 1.49. The van der Waals surface area contributed by atoms with Crippen LogP contribution in [0.2, 0.25) is 0 Å². The number of amides is 1. The second-order valence-electron chi connectivity index (χ2n) is 5.05. The molecule has 1 aliphatic rings. The summed E-state index contributed by atoms with van der Waals surface area (Å²) in [6.45, 7) is 12.3. The van der Waals surface area contributed by atoms with Crippen molar-refractivity contribution >= 4 is 5.91 Å². The SMILES string of the molecule is CC(C)C(C)C(=O)N1CCNC(C)C1C. The van der Waals surface area contributed by atoms with Gasteiger partial charge in [-0.2, -0.15) is 0 Å². The van der Waals surface area contributed by atoms with E-state index < -0.39 is 0 Å². The summed E-state index contributed by atoms with van der Waals surface area (Å²) >= 11 is 0. The van der Waals surface area contributed by atoms with Crippen molar-refractivity contribution in [3.05, 3.63) is 0 Å². The summed E-state index contributed by atoms with van der Waals surface area (Å²) in [7, 11) is 0. The second kappa shape index (κ2) is 4.97. The summed E-state index contributed by atoms with van der Waals surface area (Å²) in [4.78, 5) is 14.2. The Labute approximate surface area is 93.2 Å². The van der Waals surface area contributed by atoms with Crippen LogP contribution >= 0.6 is 0 Å². The number of nitrogens with one attached hydrogen (secondary N) is 1. The van der Waals surface area contributed by atoms with Crippen LogP contribution in [0.3, 0.4) is 0 Å². The first-order valence-corrected chi connectivity index (χ1v) is 5.99. The first-order chi connectivity index (χ1) is 6.95. The fraction of sp³-hybridized carbons (Fsp3) is 0.917. The van der Waals surface area contributed by atoms with Crippen molar-refractivity contribution in [3.63, 3.8) is 0 Å². The molecule has 1 amide bonds. The Hall–Kier alpha value is -0.570. The predicted molar refractivity (Wildman–Crippen MR) is 62.6 cm³/mol. The van der Waals surface area contributed by atoms with Gasteiger partial charge in [0, 0.05) is 31.1 Å². The lowest BCUT2D eigenvalue weighted by Gasteiger charge is -2.40. The normalized spacial score (nSPS) is 29.3. The highest BCUT2D eigenvalue weighted by molar-refractivity contribution is 5.79. The van der Waals surface area contributed by atoms with E-state index in [2.05, 4.69) is 33.0 Å². The molecule has 0 spiro atoms. The van der Waals surface area contributed by atoms with Gasteiger partial charge in [0.15, 0.2) is 0 Å². The van der Waals surface area contributed by atoms with Gasteiger partial charge in [0.25, 0.3) is 0 Å². The van der Waals surface area contributed by atoms with Gasteiger partial charge < -0.3 is 10.2 Å². The molecule has 1 rings (SSSR count). The van der Waals surface area contributed by atoms with E-state index >= 15 is 0 Å². The molecule has 1 fully saturated rings. The molecule has 0 aliphatic carbocycles. The van der Waals surface area contributed by atoms with Gasteiger partial charge in [-0.1, -0.05) is 20.8 Å². The van der Waals surface area contributed by atoms with E-state index in [4.69, 9.17) is 0 Å². The zero-order valence-corrected chi connectivity index (χ0v) is 10.6. The number of hydrogen-bond acceptors (Lipinski definition) is 2. The number of hydrogen-bond donors (Lipinski definition) is 1. The smallest absolute Gasteiger partial charge is 0.225 e. The largest absolute Gasteiger partial charge is 0.337 e. The van der Waals surface area contributed by atoms with Crippen LogP contribution in [0.4, 0.5) is 0 Å². The summed E-state index contributed by atoms with van der Waals surface area (Å²) in [6.07, 6.45) is 0. The highest BCUT2D eigenvalue weighted by Gasteiger charge is 2.31. The average Bonchev–Trinajstić information content (AvgIpc) is 2.20. The fourth-order valence-electron chi connectivity index (χ4n) is 1.91. The van der Waals surface area contributed by atoms with Crippen LogP contribution in [0.5, 0.6) is 0 Å². The maximum atomic E-state index is 12.2. The number of nitrogens with zero attached hydrogens (tertiary/aromatic N) is 1. The molecule has 15 heavy (non-hydrogen) atoms. The van der Waals surface area contributed by atoms with E-state index in [0.717, 1.165) is 13.1 Å². The van der Waals surface area contributed by atoms with E-state index in [1.165, 1.54) is 0 Å². The van der Waals surface area contributed by atoms with Crippen LogP contribution in [-0.2, 0) is 4.79 Å². The molecule has 0 aromatic rings. The number of carbonyl (C=O) groups excluding carboxylic acids is 1. The summed E-state index contributed by atoms with van der Waals surface area (Å²) in [6, 6.07) is 0.717. The molecule has 0 saturated carbocycles. The van der Waals surface area contributed by atoms with Crippen LogP contribution in [-0.4, -0.2) is 36.0 Å². The minimum Gasteiger partial charge on any atom is -0.337 e. The van der Waals surface area contributed by atoms with Crippen molar-refractivity contribution in [2.45, 2.75) is 46.7 Å². The minimum absolute atomic E-state index is 0.137. The quantitative estimate of drug-likeness (QED) is 0.752. The molecule has 88 valence electrons. The minimum atomic E-state index is 0.137. The molecular formula is C12H24N2O. The third-order valence-electron chi connectivity index (χ3n) is 3.71. The van der Waals surface area contributed by atoms with Gasteiger partial charge in [-0.25, -0.2) is 0 Å². The van der Waals surface area contributed by atoms with Gasteiger partial charge in [0.2, 0.25) is 5.91 Å². The van der Waals surface area contributed by atoms with Crippen molar-refractivity contribution in [2.24, 2.45) is 11.8 Å². The lowest BCUT2D eigenvalue weighted by molar-refractivity contribution is -0.140. The molecule has 0 aromatic carbocycles. The summed E-state index contributed by atoms with van der Waals surface area (Å²) in [5, 5.41) is 3.39. The Morgan fingerprint density at radius 1 is 1.33 bits per heavy atom. The highest BCUT2D eigenvalue weighted by atomic mass is 16.2. The van der Waals surface area contributed by atoms with Gasteiger partial charge in [-0.15, -0.1) is 0 Å². The molecule has 3 heteroatoms. The first kappa shape index (κ1) is 12.5. The lowest BCUT2D eigenvalue weighted by Crippen LogP contribution is -2.58. The molecule has 1 N–H and O–H groups in total. The summed E-state index contributed by atoms with van der Waals surface area (Å²) in [5.74, 6) is 0.874. The Bertz CT molecular complexity index is 228. The Morgan fingerprint density at radius 3 is 2.47 bits per heavy atom. The molecule has 0 aromatic heterocycles. The topological polar surface area (TPSA) is 32.3 Å². The molecule has 1 saturated heterocycles. The van der Waals surface area contributed by atoms with Gasteiger partial charge in [0.1, 0.15) is 0 Å². The highest BCUT2D eigenvalue weighted by Crippen LogP contribution is 2.17. The standard InChI is InChI=1S/C12H24N2O/c1-8(2)9(3)12(15)14-7-6-13-10(4)11(14)5/h8-11,13H,6-7H2,1-5H3. The molecule has 1 aliphatic heterocycles. The molecule has 3 atom stereocenters. The second-order valence-corrected chi connectivity index (χ2v) is 5.05. The van der Waals surface area contributed by atoms with Crippen LogP contribution < -0.4 is 5.32 Å². The van der Waals surface area contributed by atoms with E-state index in [1.54, 1.807) is 0 Å². The summed E-state index contributed by atoms with van der Waals surface area (Å²) < 4.78 is 0. The Balaban J connectivity index is 2.66. The van der Waals surface area contributed by atoms with Gasteiger partial charge in [-0.05, 0) is 19.8 Å². The van der Waals surface area contributed by atoms with Gasteiger partial charge in [0.05, 0.1) is 0 Å². The fourth-order valence-corrected chi connectivity index (χ4v) is 1.91. The molecule has 0 radical (unpaired) electrons. The van der Waals surface area contributed by atoms with Gasteiger partial charge >= 0.3 is 0 Å². The summed E-state index contributed by atoms with van der Waals surface area (Å²) in [5.41, 5.74) is 0. The van der Waals surface area contributed by atoms with E-state index in [-0.39, 0.29) is 5.92 Å².